The van der Waals surface area contributed by atoms with Crippen molar-refractivity contribution in [3.63, 3.8) is 0 Å². The maximum absolute atomic E-state index is 11.3. The van der Waals surface area contributed by atoms with Crippen LogP contribution in [0.4, 0.5) is 4.79 Å². The second-order valence-corrected chi connectivity index (χ2v) is 4.28. The minimum absolute atomic E-state index is 0.0124. The summed E-state index contributed by atoms with van der Waals surface area (Å²) in [5, 5.41) is 14.1. The van der Waals surface area contributed by atoms with E-state index in [1.165, 1.54) is 0 Å². The van der Waals surface area contributed by atoms with E-state index in [1.807, 2.05) is 6.92 Å². The molecule has 0 saturated heterocycles. The summed E-state index contributed by atoms with van der Waals surface area (Å²) in [5.41, 5.74) is 0. The Morgan fingerprint density at radius 3 is 2.62 bits per heavy atom. The molecule has 0 spiro atoms. The van der Waals surface area contributed by atoms with Gasteiger partial charge in [-0.3, -0.25) is 0 Å². The van der Waals surface area contributed by atoms with Crippen LogP contribution in [0.2, 0.25) is 0 Å². The molecule has 0 aromatic carbocycles. The lowest BCUT2D eigenvalue weighted by atomic mass is 10.2. The molecule has 16 heavy (non-hydrogen) atoms. The Morgan fingerprint density at radius 1 is 1.38 bits per heavy atom. The zero-order chi connectivity index (χ0) is 12.4. The summed E-state index contributed by atoms with van der Waals surface area (Å²) in [6.45, 7) is 7.84. The lowest BCUT2D eigenvalue weighted by Gasteiger charge is -2.13. The third-order valence-electron chi connectivity index (χ3n) is 1.92. The second kappa shape index (κ2) is 9.42. The molecule has 0 heterocycles. The maximum Gasteiger partial charge on any atom is 0.315 e. The normalized spacial score (nSPS) is 12.6. The van der Waals surface area contributed by atoms with Crippen molar-refractivity contribution >= 4 is 6.03 Å². The minimum Gasteiger partial charge on any atom is -0.396 e. The molecular formula is C11H24N2O3. The van der Waals surface area contributed by atoms with Gasteiger partial charge in [0.2, 0.25) is 0 Å². The lowest BCUT2D eigenvalue weighted by Crippen LogP contribution is -2.42. The summed E-state index contributed by atoms with van der Waals surface area (Å²) in [4.78, 5) is 11.3. The molecule has 0 rings (SSSR count). The van der Waals surface area contributed by atoms with Gasteiger partial charge in [-0.1, -0.05) is 13.8 Å². The molecule has 0 aliphatic carbocycles. The zero-order valence-electron chi connectivity index (χ0n) is 10.5. The first-order valence-electron chi connectivity index (χ1n) is 5.79. The summed E-state index contributed by atoms with van der Waals surface area (Å²) in [5.74, 6) is 0.512. The van der Waals surface area contributed by atoms with Crippen LogP contribution >= 0.6 is 0 Å². The van der Waals surface area contributed by atoms with E-state index in [1.54, 1.807) is 0 Å². The summed E-state index contributed by atoms with van der Waals surface area (Å²) < 4.78 is 5.32. The van der Waals surface area contributed by atoms with E-state index < -0.39 is 0 Å². The van der Waals surface area contributed by atoms with Gasteiger partial charge in [-0.2, -0.15) is 0 Å². The monoisotopic (exact) mass is 232 g/mol. The van der Waals surface area contributed by atoms with E-state index >= 15 is 0 Å². The van der Waals surface area contributed by atoms with Gasteiger partial charge in [0.1, 0.15) is 0 Å². The van der Waals surface area contributed by atoms with Gasteiger partial charge in [-0.25, -0.2) is 4.79 Å². The molecule has 2 amide bonds. The van der Waals surface area contributed by atoms with Gasteiger partial charge >= 0.3 is 6.03 Å². The number of amides is 2. The van der Waals surface area contributed by atoms with Gasteiger partial charge < -0.3 is 20.5 Å². The van der Waals surface area contributed by atoms with Crippen LogP contribution < -0.4 is 10.6 Å². The molecule has 5 nitrogen and oxygen atoms in total. The third kappa shape index (κ3) is 9.73. The van der Waals surface area contributed by atoms with Crippen LogP contribution in [0.5, 0.6) is 0 Å². The number of urea groups is 1. The first kappa shape index (κ1) is 15.2. The average Bonchev–Trinajstić information content (AvgIpc) is 2.16. The predicted molar refractivity (Wildman–Crippen MR) is 63.4 cm³/mol. The molecule has 96 valence electrons. The Hall–Kier alpha value is -0.810. The highest BCUT2D eigenvalue weighted by Gasteiger charge is 2.05. The SMILES string of the molecule is CC(C)COCCNC(=O)N[C@H](C)CCO. The van der Waals surface area contributed by atoms with E-state index in [9.17, 15) is 4.79 Å². The van der Waals surface area contributed by atoms with Gasteiger partial charge in [-0.15, -0.1) is 0 Å². The number of carbonyl (C=O) groups excluding carboxylic acids is 1. The van der Waals surface area contributed by atoms with Crippen molar-refractivity contribution in [2.24, 2.45) is 5.92 Å². The van der Waals surface area contributed by atoms with Crippen LogP contribution in [-0.4, -0.2) is 43.5 Å². The molecule has 3 N–H and O–H groups in total. The van der Waals surface area contributed by atoms with E-state index in [0.29, 0.717) is 32.1 Å². The van der Waals surface area contributed by atoms with Crippen molar-refractivity contribution in [1.82, 2.24) is 10.6 Å². The van der Waals surface area contributed by atoms with Crippen LogP contribution in [0.3, 0.4) is 0 Å². The van der Waals surface area contributed by atoms with Crippen LogP contribution in [0.15, 0.2) is 0 Å². The first-order valence-corrected chi connectivity index (χ1v) is 5.79. The molecule has 0 fully saturated rings. The van der Waals surface area contributed by atoms with E-state index in [-0.39, 0.29) is 18.7 Å². The van der Waals surface area contributed by atoms with Crippen molar-refractivity contribution in [3.05, 3.63) is 0 Å². The van der Waals surface area contributed by atoms with Crippen LogP contribution in [0, 0.1) is 5.92 Å². The molecule has 1 atom stereocenters. The number of aliphatic hydroxyl groups is 1. The zero-order valence-corrected chi connectivity index (χ0v) is 10.5. The number of rotatable bonds is 8. The highest BCUT2D eigenvalue weighted by atomic mass is 16.5. The van der Waals surface area contributed by atoms with Crippen LogP contribution in [0.1, 0.15) is 27.2 Å². The fourth-order valence-electron chi connectivity index (χ4n) is 1.10. The third-order valence-corrected chi connectivity index (χ3v) is 1.92. The van der Waals surface area contributed by atoms with Crippen molar-refractivity contribution in [1.29, 1.82) is 0 Å². The molecule has 5 heteroatoms. The Labute approximate surface area is 97.6 Å². The lowest BCUT2D eigenvalue weighted by molar-refractivity contribution is 0.112. The summed E-state index contributed by atoms with van der Waals surface area (Å²) >= 11 is 0. The number of hydrogen-bond acceptors (Lipinski definition) is 3. The van der Waals surface area contributed by atoms with Crippen molar-refractivity contribution in [2.75, 3.05) is 26.4 Å². The van der Waals surface area contributed by atoms with Crippen molar-refractivity contribution < 1.29 is 14.6 Å². The van der Waals surface area contributed by atoms with Gasteiger partial charge in [0.25, 0.3) is 0 Å². The molecular weight excluding hydrogens is 208 g/mol. The highest BCUT2D eigenvalue weighted by molar-refractivity contribution is 5.74. The van der Waals surface area contributed by atoms with Gasteiger partial charge in [0, 0.05) is 25.8 Å². The molecule has 0 unspecified atom stereocenters. The van der Waals surface area contributed by atoms with E-state index in [2.05, 4.69) is 24.5 Å². The molecule has 0 aromatic heterocycles. The minimum atomic E-state index is -0.214. The Morgan fingerprint density at radius 2 is 2.06 bits per heavy atom. The summed E-state index contributed by atoms with van der Waals surface area (Å²) in [6, 6.07) is -0.226. The second-order valence-electron chi connectivity index (χ2n) is 4.28. The van der Waals surface area contributed by atoms with E-state index in [4.69, 9.17) is 9.84 Å². The predicted octanol–water partition coefficient (Wildman–Crippen LogP) is 0.729. The number of nitrogens with one attached hydrogen (secondary N) is 2. The number of hydrogen-bond donors (Lipinski definition) is 3. The number of ether oxygens (including phenoxy) is 1. The summed E-state index contributed by atoms with van der Waals surface area (Å²) in [6.07, 6.45) is 0.567. The van der Waals surface area contributed by atoms with Crippen LogP contribution in [-0.2, 0) is 4.74 Å². The highest BCUT2D eigenvalue weighted by Crippen LogP contribution is 1.91. The van der Waals surface area contributed by atoms with Crippen molar-refractivity contribution in [3.8, 4) is 0 Å². The fourth-order valence-corrected chi connectivity index (χ4v) is 1.10. The smallest absolute Gasteiger partial charge is 0.315 e. The van der Waals surface area contributed by atoms with Crippen LogP contribution in [0.25, 0.3) is 0 Å². The molecule has 0 aromatic rings. The molecule has 0 aliphatic rings. The Bertz CT molecular complexity index is 186. The molecule has 0 aliphatic heterocycles. The maximum atomic E-state index is 11.3. The largest absolute Gasteiger partial charge is 0.396 e. The Kier molecular flexibility index (Phi) is 8.94. The molecule has 0 radical (unpaired) electrons. The van der Waals surface area contributed by atoms with Gasteiger partial charge in [0.15, 0.2) is 0 Å². The number of carbonyl (C=O) groups is 1. The van der Waals surface area contributed by atoms with Gasteiger partial charge in [-0.05, 0) is 19.3 Å². The quantitative estimate of drug-likeness (QED) is 0.540. The average molecular weight is 232 g/mol. The van der Waals surface area contributed by atoms with Crippen molar-refractivity contribution in [2.45, 2.75) is 33.2 Å². The first-order chi connectivity index (χ1) is 7.56. The fraction of sp³-hybridized carbons (Fsp3) is 0.909. The van der Waals surface area contributed by atoms with E-state index in [0.717, 1.165) is 0 Å². The Balaban J connectivity index is 3.36. The molecule has 0 bridgehead atoms. The summed E-state index contributed by atoms with van der Waals surface area (Å²) in [7, 11) is 0. The van der Waals surface area contributed by atoms with Gasteiger partial charge in [0.05, 0.1) is 6.61 Å². The molecule has 0 saturated carbocycles. The topological polar surface area (TPSA) is 70.6 Å². The number of aliphatic hydroxyl groups excluding tert-OH is 1. The standard InChI is InChI=1S/C11H24N2O3/c1-9(2)8-16-7-5-12-11(15)13-10(3)4-6-14/h9-10,14H,4-8H2,1-3H3,(H2,12,13,15)/t10-/m1/s1.